The maximum Gasteiger partial charge on any atom is 0.315 e. The second-order valence-corrected chi connectivity index (χ2v) is 5.55. The molecule has 0 radical (unpaired) electrons. The number of hydrogen-bond acceptors (Lipinski definition) is 2. The van der Waals surface area contributed by atoms with E-state index >= 15 is 0 Å². The summed E-state index contributed by atoms with van der Waals surface area (Å²) in [5, 5.41) is 14.4. The molecule has 1 aromatic rings. The molecule has 20 heavy (non-hydrogen) atoms. The van der Waals surface area contributed by atoms with E-state index in [1.165, 1.54) is 12.1 Å². The van der Waals surface area contributed by atoms with Crippen molar-refractivity contribution in [3.63, 3.8) is 0 Å². The lowest BCUT2D eigenvalue weighted by atomic mass is 9.64. The van der Waals surface area contributed by atoms with E-state index in [1.54, 1.807) is 19.1 Å². The molecule has 0 saturated heterocycles. The smallest absolute Gasteiger partial charge is 0.315 e. The molecule has 1 aromatic carbocycles. The first-order chi connectivity index (χ1) is 9.55. The molecule has 2 amide bonds. The average Bonchev–Trinajstić information content (AvgIpc) is 2.39. The molecule has 0 aromatic heterocycles. The van der Waals surface area contributed by atoms with E-state index in [4.69, 9.17) is 5.11 Å². The van der Waals surface area contributed by atoms with Gasteiger partial charge in [-0.3, -0.25) is 0 Å². The molecule has 5 heteroatoms. The van der Waals surface area contributed by atoms with E-state index in [0.29, 0.717) is 6.54 Å². The Morgan fingerprint density at radius 1 is 1.40 bits per heavy atom. The number of carbonyl (C=O) groups excluding carboxylic acids is 1. The monoisotopic (exact) mass is 280 g/mol. The van der Waals surface area contributed by atoms with Gasteiger partial charge in [0, 0.05) is 12.0 Å². The van der Waals surface area contributed by atoms with Crippen molar-refractivity contribution < 1.29 is 14.3 Å². The number of halogens is 1. The largest absolute Gasteiger partial charge is 0.394 e. The number of aliphatic hydroxyl groups excluding tert-OH is 1. The Bertz CT molecular complexity index is 457. The molecule has 3 N–H and O–H groups in total. The summed E-state index contributed by atoms with van der Waals surface area (Å²) >= 11 is 0. The molecule has 4 nitrogen and oxygen atoms in total. The SMILES string of the molecule is CC(CO)NC(=O)NCC1(c2ccc(F)cc2)CCC1. The van der Waals surface area contributed by atoms with Crippen molar-refractivity contribution in [3.8, 4) is 0 Å². The minimum absolute atomic E-state index is 0.0759. The summed E-state index contributed by atoms with van der Waals surface area (Å²) in [4.78, 5) is 11.7. The van der Waals surface area contributed by atoms with Crippen LogP contribution in [0.15, 0.2) is 24.3 Å². The molecule has 1 saturated carbocycles. The highest BCUT2D eigenvalue weighted by Gasteiger charge is 2.38. The summed E-state index contributed by atoms with van der Waals surface area (Å²) < 4.78 is 13.0. The molecule has 0 heterocycles. The first-order valence-electron chi connectivity index (χ1n) is 6.97. The van der Waals surface area contributed by atoms with Crippen molar-refractivity contribution in [1.82, 2.24) is 10.6 Å². The topological polar surface area (TPSA) is 61.4 Å². The Morgan fingerprint density at radius 2 is 2.05 bits per heavy atom. The van der Waals surface area contributed by atoms with Gasteiger partial charge in [0.2, 0.25) is 0 Å². The lowest BCUT2D eigenvalue weighted by Crippen LogP contribution is -2.50. The molecule has 1 fully saturated rings. The first kappa shape index (κ1) is 14.8. The van der Waals surface area contributed by atoms with Crippen LogP contribution in [0.4, 0.5) is 9.18 Å². The van der Waals surface area contributed by atoms with E-state index in [-0.39, 0.29) is 29.9 Å². The quantitative estimate of drug-likeness (QED) is 0.772. The van der Waals surface area contributed by atoms with Crippen LogP contribution < -0.4 is 10.6 Å². The lowest BCUT2D eigenvalue weighted by molar-refractivity contribution is 0.204. The molecule has 1 aliphatic rings. The third-order valence-electron chi connectivity index (χ3n) is 4.01. The molecule has 2 rings (SSSR count). The average molecular weight is 280 g/mol. The molecule has 0 bridgehead atoms. The summed E-state index contributed by atoms with van der Waals surface area (Å²) in [6.45, 7) is 2.18. The fourth-order valence-electron chi connectivity index (χ4n) is 2.54. The van der Waals surface area contributed by atoms with Gasteiger partial charge in [0.1, 0.15) is 5.82 Å². The number of urea groups is 1. The Balaban J connectivity index is 1.95. The molecule has 1 unspecified atom stereocenters. The van der Waals surface area contributed by atoms with Gasteiger partial charge in [-0.2, -0.15) is 0 Å². The zero-order valence-electron chi connectivity index (χ0n) is 11.7. The maximum absolute atomic E-state index is 13.0. The van der Waals surface area contributed by atoms with Crippen LogP contribution in [0, 0.1) is 5.82 Å². The number of amides is 2. The van der Waals surface area contributed by atoms with Crippen molar-refractivity contribution in [2.45, 2.75) is 37.6 Å². The van der Waals surface area contributed by atoms with Crippen molar-refractivity contribution in [2.75, 3.05) is 13.2 Å². The summed E-state index contributed by atoms with van der Waals surface area (Å²) in [5.74, 6) is -0.245. The van der Waals surface area contributed by atoms with Crippen molar-refractivity contribution in [2.24, 2.45) is 0 Å². The normalized spacial score (nSPS) is 17.9. The van der Waals surface area contributed by atoms with Gasteiger partial charge < -0.3 is 15.7 Å². The van der Waals surface area contributed by atoms with Gasteiger partial charge in [-0.05, 0) is 37.5 Å². The number of carbonyl (C=O) groups is 1. The predicted octanol–water partition coefficient (Wildman–Crippen LogP) is 1.93. The molecule has 0 aliphatic heterocycles. The highest BCUT2D eigenvalue weighted by atomic mass is 19.1. The number of nitrogens with one attached hydrogen (secondary N) is 2. The van der Waals surface area contributed by atoms with Crippen LogP contribution in [0.2, 0.25) is 0 Å². The van der Waals surface area contributed by atoms with Crippen LogP contribution in [-0.2, 0) is 5.41 Å². The second-order valence-electron chi connectivity index (χ2n) is 5.55. The van der Waals surface area contributed by atoms with Crippen molar-refractivity contribution in [3.05, 3.63) is 35.6 Å². The molecule has 1 atom stereocenters. The Kier molecular flexibility index (Phi) is 4.60. The van der Waals surface area contributed by atoms with Gasteiger partial charge in [-0.1, -0.05) is 18.6 Å². The Hall–Kier alpha value is -1.62. The molecule has 1 aliphatic carbocycles. The van der Waals surface area contributed by atoms with Crippen LogP contribution in [0.25, 0.3) is 0 Å². The zero-order chi connectivity index (χ0) is 14.6. The Labute approximate surface area is 118 Å². The summed E-state index contributed by atoms with van der Waals surface area (Å²) in [6, 6.07) is 5.97. The van der Waals surface area contributed by atoms with E-state index in [1.807, 2.05) is 0 Å². The number of benzene rings is 1. The van der Waals surface area contributed by atoms with Crippen molar-refractivity contribution in [1.29, 1.82) is 0 Å². The van der Waals surface area contributed by atoms with Crippen LogP contribution in [0.5, 0.6) is 0 Å². The van der Waals surface area contributed by atoms with E-state index in [9.17, 15) is 9.18 Å². The van der Waals surface area contributed by atoms with Gasteiger partial charge in [0.05, 0.1) is 12.6 Å². The molecular weight excluding hydrogens is 259 g/mol. The highest BCUT2D eigenvalue weighted by molar-refractivity contribution is 5.74. The van der Waals surface area contributed by atoms with Crippen LogP contribution in [0.3, 0.4) is 0 Å². The van der Waals surface area contributed by atoms with E-state index in [2.05, 4.69) is 10.6 Å². The van der Waals surface area contributed by atoms with Crippen molar-refractivity contribution >= 4 is 6.03 Å². The predicted molar refractivity (Wildman–Crippen MR) is 75.0 cm³/mol. The van der Waals surface area contributed by atoms with Gasteiger partial charge in [0.25, 0.3) is 0 Å². The summed E-state index contributed by atoms with van der Waals surface area (Å²) in [7, 11) is 0. The number of hydrogen-bond donors (Lipinski definition) is 3. The number of aliphatic hydroxyl groups is 1. The third-order valence-corrected chi connectivity index (χ3v) is 4.01. The van der Waals surface area contributed by atoms with E-state index < -0.39 is 0 Å². The maximum atomic E-state index is 13.0. The first-order valence-corrected chi connectivity index (χ1v) is 6.97. The molecule has 0 spiro atoms. The fourth-order valence-corrected chi connectivity index (χ4v) is 2.54. The molecular formula is C15H21FN2O2. The van der Waals surface area contributed by atoms with E-state index in [0.717, 1.165) is 24.8 Å². The summed E-state index contributed by atoms with van der Waals surface area (Å²) in [5.41, 5.74) is 0.994. The van der Waals surface area contributed by atoms with Gasteiger partial charge in [-0.15, -0.1) is 0 Å². The molecule has 110 valence electrons. The van der Waals surface area contributed by atoms with Crippen LogP contribution in [-0.4, -0.2) is 30.3 Å². The lowest BCUT2D eigenvalue weighted by Gasteiger charge is -2.42. The fraction of sp³-hybridized carbons (Fsp3) is 0.533. The second kappa shape index (κ2) is 6.22. The van der Waals surface area contributed by atoms with Gasteiger partial charge in [-0.25, -0.2) is 9.18 Å². The summed E-state index contributed by atoms with van der Waals surface area (Å²) in [6.07, 6.45) is 3.11. The van der Waals surface area contributed by atoms with Crippen LogP contribution in [0.1, 0.15) is 31.7 Å². The van der Waals surface area contributed by atoms with Gasteiger partial charge in [0.15, 0.2) is 0 Å². The van der Waals surface area contributed by atoms with Crippen LogP contribution >= 0.6 is 0 Å². The number of rotatable bonds is 5. The zero-order valence-corrected chi connectivity index (χ0v) is 11.7. The Morgan fingerprint density at radius 3 is 2.55 bits per heavy atom. The highest BCUT2D eigenvalue weighted by Crippen LogP contribution is 2.43. The minimum Gasteiger partial charge on any atom is -0.394 e. The minimum atomic E-state index is -0.278. The van der Waals surface area contributed by atoms with Gasteiger partial charge >= 0.3 is 6.03 Å². The third kappa shape index (κ3) is 3.28. The standard InChI is InChI=1S/C15H21FN2O2/c1-11(9-19)18-14(20)17-10-15(7-2-8-15)12-3-5-13(16)6-4-12/h3-6,11,19H,2,7-10H2,1H3,(H2,17,18,20).